The lowest BCUT2D eigenvalue weighted by molar-refractivity contribution is 0.0700. The van der Waals surface area contributed by atoms with E-state index in [4.69, 9.17) is 0 Å². The van der Waals surface area contributed by atoms with Crippen molar-refractivity contribution in [2.45, 2.75) is 18.8 Å². The highest BCUT2D eigenvalue weighted by Gasteiger charge is 2.26. The van der Waals surface area contributed by atoms with Crippen LogP contribution in [0.4, 0.5) is 0 Å². The molecule has 4 nitrogen and oxygen atoms in total. The molecule has 1 aliphatic heterocycles. The quantitative estimate of drug-likeness (QED) is 0.697. The average Bonchev–Trinajstić information content (AvgIpc) is 2.68. The van der Waals surface area contributed by atoms with Gasteiger partial charge in [-0.25, -0.2) is 0 Å². The molecule has 1 fully saturated rings. The van der Waals surface area contributed by atoms with Crippen LogP contribution in [-0.4, -0.2) is 33.9 Å². The third-order valence-electron chi connectivity index (χ3n) is 4.66. The number of fused-ring (bicyclic) bond motifs is 1. The van der Waals surface area contributed by atoms with Crippen LogP contribution < -0.4 is 0 Å². The smallest absolute Gasteiger partial charge is 0.272 e. The maximum atomic E-state index is 12.6. The van der Waals surface area contributed by atoms with Crippen LogP contribution in [-0.2, 0) is 0 Å². The Morgan fingerprint density at radius 1 is 1.04 bits per heavy atom. The predicted molar refractivity (Wildman–Crippen MR) is 101 cm³/mol. The fourth-order valence-corrected chi connectivity index (χ4v) is 3.38. The Morgan fingerprint density at radius 2 is 1.84 bits per heavy atom. The second-order valence-corrected chi connectivity index (χ2v) is 6.26. The molecule has 0 aliphatic carbocycles. The van der Waals surface area contributed by atoms with Crippen molar-refractivity contribution in [3.63, 3.8) is 0 Å². The van der Waals surface area contributed by atoms with Crippen LogP contribution in [0, 0.1) is 0 Å². The molecule has 3 heterocycles. The first-order valence-corrected chi connectivity index (χ1v) is 8.36. The molecule has 1 aromatic carbocycles. The third kappa shape index (κ3) is 3.64. The van der Waals surface area contributed by atoms with E-state index in [1.54, 1.807) is 12.3 Å². The first-order valence-electron chi connectivity index (χ1n) is 8.36. The fourth-order valence-electron chi connectivity index (χ4n) is 3.38. The van der Waals surface area contributed by atoms with Crippen molar-refractivity contribution in [2.24, 2.45) is 0 Å². The normalized spacial score (nSPS) is 17.1. The summed E-state index contributed by atoms with van der Waals surface area (Å²) in [7, 11) is 0. The topological polar surface area (TPSA) is 46.1 Å². The number of pyridine rings is 2. The number of rotatable bonds is 2. The van der Waals surface area contributed by atoms with Gasteiger partial charge in [0.15, 0.2) is 0 Å². The van der Waals surface area contributed by atoms with Crippen LogP contribution in [0.1, 0.15) is 34.9 Å². The lowest BCUT2D eigenvalue weighted by Crippen LogP contribution is -2.39. The lowest BCUT2D eigenvalue weighted by Gasteiger charge is -2.32. The van der Waals surface area contributed by atoms with Crippen LogP contribution >= 0.6 is 12.4 Å². The van der Waals surface area contributed by atoms with Crippen LogP contribution in [0.25, 0.3) is 10.8 Å². The Bertz CT molecular complexity index is 869. The van der Waals surface area contributed by atoms with Gasteiger partial charge in [-0.1, -0.05) is 30.3 Å². The maximum Gasteiger partial charge on any atom is 0.272 e. The highest BCUT2D eigenvalue weighted by atomic mass is 35.5. The first-order chi connectivity index (χ1) is 11.8. The number of likely N-dealkylation sites (tertiary alicyclic amines) is 1. The zero-order valence-corrected chi connectivity index (χ0v) is 14.7. The van der Waals surface area contributed by atoms with Gasteiger partial charge in [-0.05, 0) is 36.4 Å². The van der Waals surface area contributed by atoms with E-state index in [0.29, 0.717) is 12.2 Å². The zero-order chi connectivity index (χ0) is 16.4. The largest absolute Gasteiger partial charge is 0.337 e. The van der Waals surface area contributed by atoms with Gasteiger partial charge in [-0.3, -0.25) is 14.8 Å². The Balaban J connectivity index is 0.00000182. The van der Waals surface area contributed by atoms with E-state index in [1.807, 2.05) is 35.4 Å². The lowest BCUT2D eigenvalue weighted by atomic mass is 9.93. The molecule has 1 aliphatic rings. The summed E-state index contributed by atoms with van der Waals surface area (Å²) in [5.74, 6) is 0.303. The maximum absolute atomic E-state index is 12.6. The number of amides is 1. The van der Waals surface area contributed by atoms with Gasteiger partial charge in [0.25, 0.3) is 5.91 Å². The molecule has 2 aromatic heterocycles. The highest BCUT2D eigenvalue weighted by Crippen LogP contribution is 2.28. The minimum Gasteiger partial charge on any atom is -0.337 e. The van der Waals surface area contributed by atoms with Crippen molar-refractivity contribution < 1.29 is 4.79 Å². The fraction of sp³-hybridized carbons (Fsp3) is 0.250. The van der Waals surface area contributed by atoms with Gasteiger partial charge in [-0.2, -0.15) is 0 Å². The Kier molecular flexibility index (Phi) is 5.29. The van der Waals surface area contributed by atoms with Crippen molar-refractivity contribution in [3.05, 3.63) is 72.3 Å². The summed E-state index contributed by atoms with van der Waals surface area (Å²) in [6, 6.07) is 15.9. The number of nitrogens with zero attached hydrogens (tertiary/aromatic N) is 3. The Labute approximate surface area is 153 Å². The molecule has 1 amide bonds. The molecule has 25 heavy (non-hydrogen) atoms. The number of aromatic nitrogens is 2. The molecule has 0 bridgehead atoms. The minimum atomic E-state index is 0. The second kappa shape index (κ2) is 7.62. The van der Waals surface area contributed by atoms with Crippen molar-refractivity contribution in [1.82, 2.24) is 14.9 Å². The van der Waals surface area contributed by atoms with Gasteiger partial charge in [0.05, 0.1) is 0 Å². The molecule has 4 rings (SSSR count). The van der Waals surface area contributed by atoms with E-state index in [-0.39, 0.29) is 24.2 Å². The molecule has 0 saturated carbocycles. The summed E-state index contributed by atoms with van der Waals surface area (Å²) in [5, 5.41) is 2.36. The average molecular weight is 354 g/mol. The van der Waals surface area contributed by atoms with Crippen LogP contribution in [0.3, 0.4) is 0 Å². The molecule has 128 valence electrons. The van der Waals surface area contributed by atoms with E-state index >= 15 is 0 Å². The number of hydrogen-bond donors (Lipinski definition) is 0. The molecule has 1 atom stereocenters. The van der Waals surface area contributed by atoms with E-state index in [2.05, 4.69) is 28.2 Å². The number of carbonyl (C=O) groups is 1. The molecular formula is C20H20ClN3O. The molecular weight excluding hydrogens is 334 g/mol. The predicted octanol–water partition coefficient (Wildman–Crippen LogP) is 4.07. The summed E-state index contributed by atoms with van der Waals surface area (Å²) in [4.78, 5) is 23.4. The van der Waals surface area contributed by atoms with E-state index < -0.39 is 0 Å². The van der Waals surface area contributed by atoms with Crippen LogP contribution in [0.5, 0.6) is 0 Å². The summed E-state index contributed by atoms with van der Waals surface area (Å²) >= 11 is 0. The van der Waals surface area contributed by atoms with E-state index in [9.17, 15) is 4.79 Å². The Hall–Kier alpha value is -2.46. The number of hydrogen-bond acceptors (Lipinski definition) is 3. The van der Waals surface area contributed by atoms with E-state index in [1.165, 1.54) is 5.39 Å². The van der Waals surface area contributed by atoms with Crippen molar-refractivity contribution >= 4 is 29.1 Å². The molecule has 0 N–H and O–H groups in total. The molecule has 5 heteroatoms. The summed E-state index contributed by atoms with van der Waals surface area (Å²) in [6.45, 7) is 1.50. The van der Waals surface area contributed by atoms with Gasteiger partial charge >= 0.3 is 0 Å². The van der Waals surface area contributed by atoms with Gasteiger partial charge < -0.3 is 4.90 Å². The summed E-state index contributed by atoms with van der Waals surface area (Å²) < 4.78 is 0. The minimum absolute atomic E-state index is 0. The molecule has 0 radical (unpaired) electrons. The van der Waals surface area contributed by atoms with Gasteiger partial charge in [0.1, 0.15) is 5.69 Å². The van der Waals surface area contributed by atoms with Crippen molar-refractivity contribution in [1.29, 1.82) is 0 Å². The SMILES string of the molecule is Cl.O=C(c1ccccn1)N1CCCC(c2cc3ccccc3cn2)C1. The molecule has 0 spiro atoms. The number of benzene rings is 1. The van der Waals surface area contributed by atoms with Gasteiger partial charge in [0, 0.05) is 42.5 Å². The number of piperidine rings is 1. The number of carbonyl (C=O) groups excluding carboxylic acids is 1. The van der Waals surface area contributed by atoms with Gasteiger partial charge in [-0.15, -0.1) is 12.4 Å². The highest BCUT2D eigenvalue weighted by molar-refractivity contribution is 5.92. The standard InChI is InChI=1S/C20H19N3O.ClH/c24-20(18-9-3-4-10-21-18)23-11-5-8-17(14-23)19-12-15-6-1-2-7-16(15)13-22-19;/h1-4,6-7,9-10,12-13,17H,5,8,11,14H2;1H. The molecule has 1 saturated heterocycles. The molecule has 1 unspecified atom stereocenters. The first kappa shape index (κ1) is 17.4. The Morgan fingerprint density at radius 3 is 2.64 bits per heavy atom. The van der Waals surface area contributed by atoms with Crippen molar-refractivity contribution in [3.8, 4) is 0 Å². The summed E-state index contributed by atoms with van der Waals surface area (Å²) in [6.07, 6.45) is 5.67. The van der Waals surface area contributed by atoms with Crippen molar-refractivity contribution in [2.75, 3.05) is 13.1 Å². The van der Waals surface area contributed by atoms with Crippen LogP contribution in [0.2, 0.25) is 0 Å². The van der Waals surface area contributed by atoms with Gasteiger partial charge in [0.2, 0.25) is 0 Å². The molecule has 3 aromatic rings. The second-order valence-electron chi connectivity index (χ2n) is 6.26. The van der Waals surface area contributed by atoms with E-state index in [0.717, 1.165) is 30.5 Å². The third-order valence-corrected chi connectivity index (χ3v) is 4.66. The number of halogens is 1. The zero-order valence-electron chi connectivity index (χ0n) is 13.8. The van der Waals surface area contributed by atoms with Crippen LogP contribution in [0.15, 0.2) is 60.9 Å². The monoisotopic (exact) mass is 353 g/mol. The summed E-state index contributed by atoms with van der Waals surface area (Å²) in [5.41, 5.74) is 1.59.